The molecule has 0 aromatic heterocycles. The summed E-state index contributed by atoms with van der Waals surface area (Å²) in [5.74, 6) is -6.45. The molecular formula is C26H24F3NO4. The number of ether oxygens (including phenoxy) is 3. The fourth-order valence-corrected chi connectivity index (χ4v) is 3.95. The molecule has 0 aliphatic heterocycles. The summed E-state index contributed by atoms with van der Waals surface area (Å²) in [5, 5.41) is 9.82. The minimum atomic E-state index is -3.37. The van der Waals surface area contributed by atoms with Crippen LogP contribution in [0.4, 0.5) is 13.2 Å². The van der Waals surface area contributed by atoms with Crippen molar-refractivity contribution in [3.05, 3.63) is 89.4 Å². The number of nitriles is 1. The molecule has 2 aromatic carbocycles. The second-order valence-electron chi connectivity index (χ2n) is 8.36. The summed E-state index contributed by atoms with van der Waals surface area (Å²) in [7, 11) is 0. The minimum absolute atomic E-state index is 0.00818. The van der Waals surface area contributed by atoms with E-state index < -0.39 is 35.5 Å². The van der Waals surface area contributed by atoms with E-state index in [1.807, 2.05) is 6.07 Å². The number of esters is 1. The molecule has 2 aromatic rings. The van der Waals surface area contributed by atoms with Gasteiger partial charge in [0.25, 0.3) is 0 Å². The third-order valence-electron chi connectivity index (χ3n) is 5.30. The Balaban J connectivity index is 2.29. The van der Waals surface area contributed by atoms with Crippen LogP contribution < -0.4 is 4.74 Å². The van der Waals surface area contributed by atoms with E-state index in [0.29, 0.717) is 5.56 Å². The van der Waals surface area contributed by atoms with Crippen LogP contribution in [-0.4, -0.2) is 18.4 Å². The average Bonchev–Trinajstić information content (AvgIpc) is 2.77. The number of nitrogens with zero attached hydrogens (tertiary/aromatic N) is 1. The molecule has 34 heavy (non-hydrogen) atoms. The maximum absolute atomic E-state index is 17.2. The number of rotatable bonds is 8. The number of carbonyl (C=O) groups excluding carboxylic acids is 1. The molecule has 0 saturated heterocycles. The normalized spacial score (nSPS) is 20.4. The third kappa shape index (κ3) is 5.42. The second kappa shape index (κ2) is 10.0. The summed E-state index contributed by atoms with van der Waals surface area (Å²) >= 11 is 0. The zero-order valence-corrected chi connectivity index (χ0v) is 18.9. The number of hydrogen-bond donors (Lipinski definition) is 0. The van der Waals surface area contributed by atoms with Gasteiger partial charge in [-0.15, -0.1) is 0 Å². The fraction of sp³-hybridized carbons (Fsp3) is 0.308. The smallest absolute Gasteiger partial charge is 0.387 e. The first-order valence-electron chi connectivity index (χ1n) is 10.5. The molecule has 0 spiro atoms. The maximum Gasteiger partial charge on any atom is 0.387 e. The van der Waals surface area contributed by atoms with E-state index in [-0.39, 0.29) is 23.5 Å². The molecule has 5 nitrogen and oxygen atoms in total. The van der Waals surface area contributed by atoms with E-state index in [9.17, 15) is 18.8 Å². The highest BCUT2D eigenvalue weighted by Gasteiger charge is 2.60. The molecule has 1 aliphatic carbocycles. The number of halogens is 3. The molecule has 0 N–H and O–H groups in total. The topological polar surface area (TPSA) is 68.6 Å². The van der Waals surface area contributed by atoms with Gasteiger partial charge < -0.3 is 14.2 Å². The number of benzene rings is 2. The molecular weight excluding hydrogens is 447 g/mol. The Morgan fingerprint density at radius 1 is 1.12 bits per heavy atom. The molecule has 0 bridgehead atoms. The quantitative estimate of drug-likeness (QED) is 0.436. The summed E-state index contributed by atoms with van der Waals surface area (Å²) in [5.41, 5.74) is -0.891. The number of hydrogen-bond acceptors (Lipinski definition) is 5. The first-order chi connectivity index (χ1) is 16.1. The van der Waals surface area contributed by atoms with Gasteiger partial charge in [0.15, 0.2) is 5.76 Å². The fourth-order valence-electron chi connectivity index (χ4n) is 3.95. The Labute approximate surface area is 196 Å². The van der Waals surface area contributed by atoms with E-state index >= 15 is 4.39 Å². The van der Waals surface area contributed by atoms with Gasteiger partial charge in [-0.05, 0) is 37.6 Å². The van der Waals surface area contributed by atoms with Gasteiger partial charge in [0, 0.05) is 18.9 Å². The van der Waals surface area contributed by atoms with Gasteiger partial charge in [0.05, 0.1) is 11.5 Å². The number of allylic oxidation sites excluding steroid dienone is 2. The van der Waals surface area contributed by atoms with Gasteiger partial charge in [-0.2, -0.15) is 18.4 Å². The largest absolute Gasteiger partial charge is 0.450 e. The highest BCUT2D eigenvalue weighted by molar-refractivity contribution is 5.68. The molecule has 3 rings (SSSR count). The van der Waals surface area contributed by atoms with Gasteiger partial charge in [-0.3, -0.25) is 4.79 Å². The van der Waals surface area contributed by atoms with E-state index in [0.717, 1.165) is 6.92 Å². The van der Waals surface area contributed by atoms with Crippen molar-refractivity contribution in [2.24, 2.45) is 11.3 Å². The highest BCUT2D eigenvalue weighted by atomic mass is 19.3. The van der Waals surface area contributed by atoms with Crippen molar-refractivity contribution < 1.29 is 32.2 Å². The van der Waals surface area contributed by atoms with Crippen molar-refractivity contribution in [2.45, 2.75) is 39.7 Å². The summed E-state index contributed by atoms with van der Waals surface area (Å²) in [6.45, 7) is 0.561. The molecule has 2 atom stereocenters. The van der Waals surface area contributed by atoms with Crippen LogP contribution in [0.3, 0.4) is 0 Å². The Kier molecular flexibility index (Phi) is 7.35. The lowest BCUT2D eigenvalue weighted by Crippen LogP contribution is -2.52. The molecule has 2 unspecified atom stereocenters. The zero-order chi connectivity index (χ0) is 24.9. The zero-order valence-electron chi connectivity index (χ0n) is 18.9. The maximum atomic E-state index is 17.2. The number of para-hydroxylation sites is 1. The lowest BCUT2D eigenvalue weighted by atomic mass is 9.70. The van der Waals surface area contributed by atoms with Crippen LogP contribution in [0.5, 0.6) is 5.75 Å². The molecule has 178 valence electrons. The molecule has 0 saturated carbocycles. The predicted octanol–water partition coefficient (Wildman–Crippen LogP) is 6.09. The predicted molar refractivity (Wildman–Crippen MR) is 118 cm³/mol. The molecule has 0 radical (unpaired) electrons. The SMILES string of the molecule is CC(=O)OC1=CC(Cc2ccccc2)=C(OC(F)F)C(F)(Oc2ccccc2)C1C(C)(C)C#N. The average molecular weight is 471 g/mol. The van der Waals surface area contributed by atoms with Crippen molar-refractivity contribution in [1.29, 1.82) is 5.26 Å². The van der Waals surface area contributed by atoms with Crippen molar-refractivity contribution in [3.63, 3.8) is 0 Å². The minimum Gasteiger partial charge on any atom is -0.450 e. The summed E-state index contributed by atoms with van der Waals surface area (Å²) in [6.07, 6.45) is 1.26. The van der Waals surface area contributed by atoms with Crippen LogP contribution in [0.1, 0.15) is 26.3 Å². The molecule has 0 amide bonds. The van der Waals surface area contributed by atoms with Crippen LogP contribution in [0.15, 0.2) is 83.8 Å². The van der Waals surface area contributed by atoms with E-state index in [1.54, 1.807) is 48.5 Å². The van der Waals surface area contributed by atoms with E-state index in [2.05, 4.69) is 0 Å². The van der Waals surface area contributed by atoms with Crippen LogP contribution in [-0.2, 0) is 20.7 Å². The van der Waals surface area contributed by atoms with Gasteiger partial charge in [0.1, 0.15) is 17.4 Å². The lowest BCUT2D eigenvalue weighted by molar-refractivity contribution is -0.187. The van der Waals surface area contributed by atoms with Crippen LogP contribution in [0.2, 0.25) is 0 Å². The van der Waals surface area contributed by atoms with E-state index in [1.165, 1.54) is 32.1 Å². The van der Waals surface area contributed by atoms with Crippen LogP contribution in [0, 0.1) is 22.7 Å². The highest BCUT2D eigenvalue weighted by Crippen LogP contribution is 2.52. The molecule has 1 aliphatic rings. The lowest BCUT2D eigenvalue weighted by Gasteiger charge is -2.43. The Morgan fingerprint density at radius 2 is 1.71 bits per heavy atom. The summed E-state index contributed by atoms with van der Waals surface area (Å²) in [4.78, 5) is 11.9. The van der Waals surface area contributed by atoms with E-state index in [4.69, 9.17) is 14.2 Å². The van der Waals surface area contributed by atoms with Gasteiger partial charge >= 0.3 is 18.4 Å². The molecule has 8 heteroatoms. The summed E-state index contributed by atoms with van der Waals surface area (Å²) < 4.78 is 60.0. The van der Waals surface area contributed by atoms with Crippen molar-refractivity contribution in [2.75, 3.05) is 0 Å². The monoisotopic (exact) mass is 471 g/mol. The molecule has 0 fully saturated rings. The third-order valence-corrected chi connectivity index (χ3v) is 5.30. The second-order valence-corrected chi connectivity index (χ2v) is 8.36. The van der Waals surface area contributed by atoms with Crippen molar-refractivity contribution >= 4 is 5.97 Å². The van der Waals surface area contributed by atoms with Crippen molar-refractivity contribution in [3.8, 4) is 11.8 Å². The van der Waals surface area contributed by atoms with Crippen LogP contribution in [0.25, 0.3) is 0 Å². The van der Waals surface area contributed by atoms with Gasteiger partial charge in [0.2, 0.25) is 0 Å². The summed E-state index contributed by atoms with van der Waals surface area (Å²) in [6, 6.07) is 18.4. The number of carbonyl (C=O) groups is 1. The first-order valence-corrected chi connectivity index (χ1v) is 10.5. The molecule has 0 heterocycles. The number of alkyl halides is 3. The Bertz CT molecular complexity index is 1120. The Morgan fingerprint density at radius 3 is 2.24 bits per heavy atom. The van der Waals surface area contributed by atoms with Crippen LogP contribution >= 0.6 is 0 Å². The van der Waals surface area contributed by atoms with Gasteiger partial charge in [-0.25, -0.2) is 0 Å². The standard InChI is InChI=1S/C26H24F3NO4/c1-17(31)32-21-15-19(14-18-10-6-4-7-11-18)23(33-24(27)28)26(29,22(21)25(2,3)16-30)34-20-12-8-5-9-13-20/h4-13,15,22,24H,14H2,1-3H3. The first kappa shape index (κ1) is 24.9. The van der Waals surface area contributed by atoms with Crippen molar-refractivity contribution in [1.82, 2.24) is 0 Å². The van der Waals surface area contributed by atoms with Gasteiger partial charge in [-0.1, -0.05) is 48.5 Å². The Hall–Kier alpha value is -3.73.